The molecule has 1 atom stereocenters. The summed E-state index contributed by atoms with van der Waals surface area (Å²) in [5, 5.41) is 1.61. The molecule has 2 heterocycles. The first kappa shape index (κ1) is 17.3. The van der Waals surface area contributed by atoms with Gasteiger partial charge in [-0.1, -0.05) is 41.9 Å². The third kappa shape index (κ3) is 3.58. The predicted molar refractivity (Wildman–Crippen MR) is 101 cm³/mol. The van der Waals surface area contributed by atoms with E-state index in [0.717, 1.165) is 12.2 Å². The van der Waals surface area contributed by atoms with Gasteiger partial charge < -0.3 is 0 Å². The van der Waals surface area contributed by atoms with Crippen molar-refractivity contribution < 1.29 is 4.79 Å². The predicted octanol–water partition coefficient (Wildman–Crippen LogP) is 5.04. The van der Waals surface area contributed by atoms with Crippen LogP contribution in [0, 0.1) is 0 Å². The van der Waals surface area contributed by atoms with Gasteiger partial charge in [0.1, 0.15) is 0 Å². The Morgan fingerprint density at radius 2 is 2.04 bits per heavy atom. The van der Waals surface area contributed by atoms with Gasteiger partial charge in [0, 0.05) is 29.8 Å². The highest BCUT2D eigenvalue weighted by molar-refractivity contribution is 8.14. The van der Waals surface area contributed by atoms with Crippen molar-refractivity contribution in [1.29, 1.82) is 0 Å². The van der Waals surface area contributed by atoms with Crippen LogP contribution in [-0.2, 0) is 0 Å². The first-order chi connectivity index (χ1) is 11.6. The number of aromatic nitrogens is 1. The van der Waals surface area contributed by atoms with Crippen molar-refractivity contribution in [2.45, 2.75) is 19.4 Å². The highest BCUT2D eigenvalue weighted by Crippen LogP contribution is 2.32. The molecule has 4 nitrogen and oxygen atoms in total. The van der Waals surface area contributed by atoms with Crippen LogP contribution in [0.3, 0.4) is 0 Å². The number of amidine groups is 1. The van der Waals surface area contributed by atoms with Crippen molar-refractivity contribution >= 4 is 51.7 Å². The Hall–Kier alpha value is -1.56. The average molecular weight is 380 g/mol. The number of hydrogen-bond acceptors (Lipinski definition) is 4. The summed E-state index contributed by atoms with van der Waals surface area (Å²) < 4.78 is 0. The molecule has 1 unspecified atom stereocenters. The molecular formula is C17H15Cl2N3OS. The number of carbonyl (C=O) groups is 1. The van der Waals surface area contributed by atoms with Gasteiger partial charge in [0.05, 0.1) is 15.7 Å². The van der Waals surface area contributed by atoms with Gasteiger partial charge in [-0.15, -0.1) is 0 Å². The number of hydrogen-bond donors (Lipinski definition) is 0. The Morgan fingerprint density at radius 3 is 2.71 bits per heavy atom. The molecule has 0 bridgehead atoms. The molecule has 1 aromatic heterocycles. The molecule has 0 spiro atoms. The molecule has 0 radical (unpaired) electrons. The third-order valence-electron chi connectivity index (χ3n) is 3.72. The monoisotopic (exact) mass is 379 g/mol. The van der Waals surface area contributed by atoms with Gasteiger partial charge >= 0.3 is 0 Å². The Bertz CT molecular complexity index is 783. The fourth-order valence-corrected chi connectivity index (χ4v) is 3.97. The molecule has 2 aromatic rings. The molecule has 1 aromatic carbocycles. The van der Waals surface area contributed by atoms with E-state index in [1.54, 1.807) is 59.4 Å². The Kier molecular flexibility index (Phi) is 5.43. The Morgan fingerprint density at radius 1 is 1.29 bits per heavy atom. The summed E-state index contributed by atoms with van der Waals surface area (Å²) in [6, 6.07) is 8.75. The van der Waals surface area contributed by atoms with E-state index in [4.69, 9.17) is 23.2 Å². The summed E-state index contributed by atoms with van der Waals surface area (Å²) in [4.78, 5) is 23.2. The number of thioether (sulfide) groups is 1. The number of rotatable bonds is 3. The van der Waals surface area contributed by atoms with Crippen LogP contribution in [0.4, 0.5) is 5.69 Å². The van der Waals surface area contributed by atoms with E-state index < -0.39 is 0 Å². The topological polar surface area (TPSA) is 45.6 Å². The summed E-state index contributed by atoms with van der Waals surface area (Å²) in [5.41, 5.74) is 1.28. The number of pyridine rings is 1. The molecular weight excluding hydrogens is 365 g/mol. The lowest BCUT2D eigenvalue weighted by Crippen LogP contribution is -2.39. The van der Waals surface area contributed by atoms with Crippen LogP contribution in [0.25, 0.3) is 0 Å². The van der Waals surface area contributed by atoms with Crippen molar-refractivity contribution in [2.75, 3.05) is 5.75 Å². The summed E-state index contributed by atoms with van der Waals surface area (Å²) in [6.07, 6.45) is 4.10. The number of carbonyl (C=O) groups excluding carboxylic acids is 1. The van der Waals surface area contributed by atoms with Crippen LogP contribution in [0.5, 0.6) is 0 Å². The first-order valence-electron chi connectivity index (χ1n) is 7.50. The van der Waals surface area contributed by atoms with Crippen LogP contribution in [0.15, 0.2) is 47.7 Å². The Balaban J connectivity index is 1.95. The summed E-state index contributed by atoms with van der Waals surface area (Å²) >= 11 is 13.6. The van der Waals surface area contributed by atoms with Gasteiger partial charge in [-0.05, 0) is 36.8 Å². The van der Waals surface area contributed by atoms with Gasteiger partial charge in [0.15, 0.2) is 5.17 Å². The maximum Gasteiger partial charge on any atom is 0.260 e. The molecule has 1 aliphatic heterocycles. The highest BCUT2D eigenvalue weighted by Gasteiger charge is 2.34. The van der Waals surface area contributed by atoms with Crippen molar-refractivity contribution in [3.05, 3.63) is 58.3 Å². The van der Waals surface area contributed by atoms with Gasteiger partial charge in [-0.25, -0.2) is 4.99 Å². The van der Waals surface area contributed by atoms with E-state index in [-0.39, 0.29) is 11.9 Å². The fraction of sp³-hybridized carbons (Fsp3) is 0.235. The quantitative estimate of drug-likeness (QED) is 0.749. The molecule has 24 heavy (non-hydrogen) atoms. The minimum absolute atomic E-state index is 0.0620. The zero-order valence-electron chi connectivity index (χ0n) is 12.9. The van der Waals surface area contributed by atoms with Crippen LogP contribution in [-0.4, -0.2) is 32.8 Å². The standard InChI is InChI=1S/C17H15Cl2N3OS/c1-2-13-10-24-17(21-12-3-4-14(18)15(19)9-12)22(13)16(23)11-5-7-20-8-6-11/h3-9,13H,2,10H2,1H3. The lowest BCUT2D eigenvalue weighted by Gasteiger charge is -2.23. The maximum atomic E-state index is 12.9. The Labute approximate surface area is 154 Å². The highest BCUT2D eigenvalue weighted by atomic mass is 35.5. The molecule has 7 heteroatoms. The van der Waals surface area contributed by atoms with Crippen molar-refractivity contribution in [2.24, 2.45) is 4.99 Å². The molecule has 1 amide bonds. The SMILES string of the molecule is CCC1CSC(=Nc2ccc(Cl)c(Cl)c2)N1C(=O)c1ccncc1. The van der Waals surface area contributed by atoms with Crippen molar-refractivity contribution in [1.82, 2.24) is 9.88 Å². The summed E-state index contributed by atoms with van der Waals surface area (Å²) in [7, 11) is 0. The summed E-state index contributed by atoms with van der Waals surface area (Å²) in [5.74, 6) is 0.765. The number of benzene rings is 1. The number of amides is 1. The maximum absolute atomic E-state index is 12.9. The second-order valence-corrected chi connectivity index (χ2v) is 7.08. The van der Waals surface area contributed by atoms with Gasteiger partial charge in [-0.2, -0.15) is 0 Å². The lowest BCUT2D eigenvalue weighted by atomic mass is 10.2. The molecule has 124 valence electrons. The van der Waals surface area contributed by atoms with E-state index in [1.165, 1.54) is 0 Å². The zero-order valence-corrected chi connectivity index (χ0v) is 15.3. The smallest absolute Gasteiger partial charge is 0.260 e. The second kappa shape index (κ2) is 7.55. The van der Waals surface area contributed by atoms with Crippen LogP contribution in [0.2, 0.25) is 10.0 Å². The molecule has 0 N–H and O–H groups in total. The first-order valence-corrected chi connectivity index (χ1v) is 9.24. The van der Waals surface area contributed by atoms with Gasteiger partial charge in [-0.3, -0.25) is 14.7 Å². The van der Waals surface area contributed by atoms with Crippen LogP contribution < -0.4 is 0 Å². The number of nitrogens with zero attached hydrogens (tertiary/aromatic N) is 3. The van der Waals surface area contributed by atoms with Crippen LogP contribution >= 0.6 is 35.0 Å². The van der Waals surface area contributed by atoms with E-state index in [1.807, 2.05) is 0 Å². The van der Waals surface area contributed by atoms with Crippen molar-refractivity contribution in [3.63, 3.8) is 0 Å². The normalized spacial score (nSPS) is 19.0. The summed E-state index contributed by atoms with van der Waals surface area (Å²) in [6.45, 7) is 2.07. The van der Waals surface area contributed by atoms with E-state index in [9.17, 15) is 4.79 Å². The largest absolute Gasteiger partial charge is 0.283 e. The van der Waals surface area contributed by atoms with E-state index in [2.05, 4.69) is 16.9 Å². The second-order valence-electron chi connectivity index (χ2n) is 5.28. The molecule has 0 saturated carbocycles. The minimum atomic E-state index is -0.0620. The zero-order chi connectivity index (χ0) is 17.1. The lowest BCUT2D eigenvalue weighted by molar-refractivity contribution is 0.0819. The third-order valence-corrected chi connectivity index (χ3v) is 5.56. The van der Waals surface area contributed by atoms with E-state index in [0.29, 0.717) is 26.5 Å². The molecule has 1 fully saturated rings. The van der Waals surface area contributed by atoms with Gasteiger partial charge in [0.2, 0.25) is 0 Å². The number of halogens is 2. The van der Waals surface area contributed by atoms with Crippen LogP contribution in [0.1, 0.15) is 23.7 Å². The average Bonchev–Trinajstić information content (AvgIpc) is 3.01. The molecule has 1 saturated heterocycles. The van der Waals surface area contributed by atoms with E-state index >= 15 is 0 Å². The van der Waals surface area contributed by atoms with Gasteiger partial charge in [0.25, 0.3) is 5.91 Å². The fourth-order valence-electron chi connectivity index (χ4n) is 2.41. The van der Waals surface area contributed by atoms with Crippen molar-refractivity contribution in [3.8, 4) is 0 Å². The molecule has 0 aliphatic carbocycles. The molecule has 3 rings (SSSR count). The molecule has 1 aliphatic rings. The minimum Gasteiger partial charge on any atom is -0.283 e. The number of aliphatic imine (C=N–C) groups is 1.